The fraction of sp³-hybridized carbons (Fsp3) is 0.917. The van der Waals surface area contributed by atoms with Crippen molar-refractivity contribution < 1.29 is 23.7 Å². The first-order valence-electron chi connectivity index (χ1n) is 6.31. The molecule has 0 rings (SSSR count). The summed E-state index contributed by atoms with van der Waals surface area (Å²) < 4.78 is 20.6. The van der Waals surface area contributed by atoms with Crippen LogP contribution in [0.4, 0.5) is 0 Å². The minimum Gasteiger partial charge on any atom is -0.463 e. The summed E-state index contributed by atoms with van der Waals surface area (Å²) in [6.45, 7) is 5.80. The van der Waals surface area contributed by atoms with Gasteiger partial charge in [-0.3, -0.25) is 4.79 Å². The third-order valence-corrected chi connectivity index (χ3v) is 2.26. The average molecular weight is 280 g/mol. The highest BCUT2D eigenvalue weighted by atomic mass is 32.1. The standard InChI is InChI=1S/C12H24O5S/c1-2-3-4-14-5-6-15-7-8-16-9-10-17-12(13)11-18/h18H,2-11H2,1H3. The van der Waals surface area contributed by atoms with Crippen molar-refractivity contribution in [1.29, 1.82) is 0 Å². The Morgan fingerprint density at radius 2 is 1.39 bits per heavy atom. The average Bonchev–Trinajstić information content (AvgIpc) is 2.39. The van der Waals surface area contributed by atoms with Crippen LogP contribution >= 0.6 is 12.6 Å². The Hall–Kier alpha value is -0.300. The lowest BCUT2D eigenvalue weighted by Gasteiger charge is -2.06. The summed E-state index contributed by atoms with van der Waals surface area (Å²) in [6.07, 6.45) is 2.24. The summed E-state index contributed by atoms with van der Waals surface area (Å²) in [6, 6.07) is 0. The van der Waals surface area contributed by atoms with Gasteiger partial charge in [0.05, 0.1) is 38.8 Å². The number of unbranched alkanes of at least 4 members (excludes halogenated alkanes) is 1. The second-order valence-corrected chi connectivity index (χ2v) is 3.89. The van der Waals surface area contributed by atoms with Crippen LogP contribution in [0, 0.1) is 0 Å². The van der Waals surface area contributed by atoms with Crippen molar-refractivity contribution in [3.8, 4) is 0 Å². The molecule has 0 aliphatic heterocycles. The molecule has 0 aliphatic rings. The highest BCUT2D eigenvalue weighted by Crippen LogP contribution is 1.88. The van der Waals surface area contributed by atoms with Crippen molar-refractivity contribution in [3.05, 3.63) is 0 Å². The molecule has 0 aliphatic carbocycles. The molecule has 0 aromatic heterocycles. The predicted octanol–water partition coefficient (Wildman–Crippen LogP) is 1.31. The van der Waals surface area contributed by atoms with Gasteiger partial charge in [0.1, 0.15) is 6.61 Å². The zero-order chi connectivity index (χ0) is 13.5. The van der Waals surface area contributed by atoms with E-state index in [1.54, 1.807) is 0 Å². The second-order valence-electron chi connectivity index (χ2n) is 3.57. The Morgan fingerprint density at radius 1 is 0.889 bits per heavy atom. The lowest BCUT2D eigenvalue weighted by molar-refractivity contribution is -0.142. The molecule has 0 unspecified atom stereocenters. The van der Waals surface area contributed by atoms with Gasteiger partial charge in [-0.05, 0) is 6.42 Å². The van der Waals surface area contributed by atoms with Gasteiger partial charge in [0, 0.05) is 6.61 Å². The number of thiol groups is 1. The van der Waals surface area contributed by atoms with Gasteiger partial charge in [-0.15, -0.1) is 0 Å². The summed E-state index contributed by atoms with van der Waals surface area (Å²) >= 11 is 3.78. The van der Waals surface area contributed by atoms with Crippen LogP contribution < -0.4 is 0 Å². The highest BCUT2D eigenvalue weighted by Gasteiger charge is 1.97. The molecular weight excluding hydrogens is 256 g/mol. The molecule has 0 radical (unpaired) electrons. The first-order chi connectivity index (χ1) is 8.81. The van der Waals surface area contributed by atoms with E-state index in [1.807, 2.05) is 0 Å². The van der Waals surface area contributed by atoms with E-state index >= 15 is 0 Å². The van der Waals surface area contributed by atoms with Crippen molar-refractivity contribution >= 4 is 18.6 Å². The van der Waals surface area contributed by atoms with Gasteiger partial charge >= 0.3 is 5.97 Å². The van der Waals surface area contributed by atoms with Crippen LogP contribution in [0.1, 0.15) is 19.8 Å². The van der Waals surface area contributed by atoms with E-state index in [4.69, 9.17) is 18.9 Å². The van der Waals surface area contributed by atoms with E-state index in [-0.39, 0.29) is 18.3 Å². The van der Waals surface area contributed by atoms with Crippen LogP contribution in [-0.4, -0.2) is 58.0 Å². The Morgan fingerprint density at radius 3 is 1.89 bits per heavy atom. The Bertz CT molecular complexity index is 189. The summed E-state index contributed by atoms with van der Waals surface area (Å²) in [5.74, 6) is -0.233. The smallest absolute Gasteiger partial charge is 0.315 e. The normalized spacial score (nSPS) is 10.6. The van der Waals surface area contributed by atoms with E-state index < -0.39 is 0 Å². The number of esters is 1. The fourth-order valence-corrected chi connectivity index (χ4v) is 1.14. The van der Waals surface area contributed by atoms with Crippen LogP contribution in [-0.2, 0) is 23.7 Å². The zero-order valence-corrected chi connectivity index (χ0v) is 12.0. The van der Waals surface area contributed by atoms with Crippen molar-refractivity contribution in [2.75, 3.05) is 52.0 Å². The third-order valence-electron chi connectivity index (χ3n) is 2.01. The molecule has 5 nitrogen and oxygen atoms in total. The molecule has 18 heavy (non-hydrogen) atoms. The van der Waals surface area contributed by atoms with Gasteiger partial charge < -0.3 is 18.9 Å². The molecule has 0 aromatic carbocycles. The Balaban J connectivity index is 2.97. The Kier molecular flexibility index (Phi) is 14.5. The lowest BCUT2D eigenvalue weighted by atomic mass is 10.4. The zero-order valence-electron chi connectivity index (χ0n) is 11.1. The molecule has 0 bridgehead atoms. The van der Waals surface area contributed by atoms with Crippen molar-refractivity contribution in [2.24, 2.45) is 0 Å². The molecule has 0 spiro atoms. The Labute approximate surface area is 115 Å². The van der Waals surface area contributed by atoms with E-state index in [0.717, 1.165) is 19.4 Å². The summed E-state index contributed by atoms with van der Waals surface area (Å²) in [7, 11) is 0. The molecule has 0 saturated heterocycles. The first-order valence-corrected chi connectivity index (χ1v) is 6.94. The quantitative estimate of drug-likeness (QED) is 0.313. The predicted molar refractivity (Wildman–Crippen MR) is 72.2 cm³/mol. The van der Waals surface area contributed by atoms with E-state index in [9.17, 15) is 4.79 Å². The molecule has 108 valence electrons. The van der Waals surface area contributed by atoms with E-state index in [2.05, 4.69) is 19.6 Å². The number of hydrogen-bond donors (Lipinski definition) is 1. The topological polar surface area (TPSA) is 54.0 Å². The van der Waals surface area contributed by atoms with Gasteiger partial charge in [0.2, 0.25) is 0 Å². The van der Waals surface area contributed by atoms with Gasteiger partial charge in [-0.2, -0.15) is 12.6 Å². The number of carbonyl (C=O) groups excluding carboxylic acids is 1. The number of ether oxygens (including phenoxy) is 4. The van der Waals surface area contributed by atoms with Gasteiger partial charge in [-0.25, -0.2) is 0 Å². The summed E-state index contributed by atoms with van der Waals surface area (Å²) in [5.41, 5.74) is 0. The molecular formula is C12H24O5S. The number of hydrogen-bond acceptors (Lipinski definition) is 6. The molecule has 0 N–H and O–H groups in total. The van der Waals surface area contributed by atoms with Crippen LogP contribution in [0.5, 0.6) is 0 Å². The minimum absolute atomic E-state index is 0.0984. The van der Waals surface area contributed by atoms with Crippen molar-refractivity contribution in [1.82, 2.24) is 0 Å². The maximum absolute atomic E-state index is 10.7. The molecule has 0 heterocycles. The number of rotatable bonds is 13. The van der Waals surface area contributed by atoms with Crippen LogP contribution in [0.25, 0.3) is 0 Å². The number of carbonyl (C=O) groups is 1. The monoisotopic (exact) mass is 280 g/mol. The molecule has 0 fully saturated rings. The molecule has 0 atom stereocenters. The summed E-state index contributed by atoms with van der Waals surface area (Å²) in [4.78, 5) is 10.7. The highest BCUT2D eigenvalue weighted by molar-refractivity contribution is 7.81. The third kappa shape index (κ3) is 13.8. The van der Waals surface area contributed by atoms with Gasteiger partial charge in [-0.1, -0.05) is 13.3 Å². The SMILES string of the molecule is CCCCOCCOCCOCCOC(=O)CS. The molecule has 0 saturated carbocycles. The van der Waals surface area contributed by atoms with E-state index in [1.165, 1.54) is 0 Å². The van der Waals surface area contributed by atoms with Crippen molar-refractivity contribution in [2.45, 2.75) is 19.8 Å². The largest absolute Gasteiger partial charge is 0.463 e. The van der Waals surface area contributed by atoms with Gasteiger partial charge in [0.15, 0.2) is 0 Å². The van der Waals surface area contributed by atoms with Gasteiger partial charge in [0.25, 0.3) is 0 Å². The minimum atomic E-state index is -0.331. The van der Waals surface area contributed by atoms with Crippen LogP contribution in [0.2, 0.25) is 0 Å². The second kappa shape index (κ2) is 14.8. The summed E-state index contributed by atoms with van der Waals surface area (Å²) in [5, 5.41) is 0. The lowest BCUT2D eigenvalue weighted by Crippen LogP contribution is -2.14. The van der Waals surface area contributed by atoms with Crippen LogP contribution in [0.3, 0.4) is 0 Å². The molecule has 6 heteroatoms. The molecule has 0 aromatic rings. The maximum atomic E-state index is 10.7. The van der Waals surface area contributed by atoms with Crippen molar-refractivity contribution in [3.63, 3.8) is 0 Å². The first kappa shape index (κ1) is 17.7. The fourth-order valence-electron chi connectivity index (χ4n) is 1.05. The van der Waals surface area contributed by atoms with E-state index in [0.29, 0.717) is 33.0 Å². The van der Waals surface area contributed by atoms with Crippen LogP contribution in [0.15, 0.2) is 0 Å². The molecule has 0 amide bonds. The maximum Gasteiger partial charge on any atom is 0.315 e.